The lowest BCUT2D eigenvalue weighted by molar-refractivity contribution is 0.0953. The zero-order valence-electron chi connectivity index (χ0n) is 18.1. The molecule has 1 N–H and O–H groups in total. The predicted octanol–water partition coefficient (Wildman–Crippen LogP) is 3.77. The third-order valence-electron chi connectivity index (χ3n) is 5.98. The van der Waals surface area contributed by atoms with Gasteiger partial charge in [0.1, 0.15) is 5.82 Å². The number of hydrogen-bond donors (Lipinski definition) is 1. The molecule has 0 atom stereocenters. The number of nitrogens with zero attached hydrogens (tertiary/aromatic N) is 3. The number of nitrogens with one attached hydrogen (secondary N) is 1. The molecule has 0 bridgehead atoms. The lowest BCUT2D eigenvalue weighted by atomic mass is 10.1. The number of para-hydroxylation sites is 1. The summed E-state index contributed by atoms with van der Waals surface area (Å²) < 4.78 is 1.82. The fraction of sp³-hybridized carbons (Fsp3) is 0.400. The van der Waals surface area contributed by atoms with Crippen molar-refractivity contribution in [2.75, 3.05) is 25.0 Å². The smallest absolute Gasteiger partial charge is 0.261 e. The van der Waals surface area contributed by atoms with Crippen LogP contribution >= 0.6 is 0 Å². The first-order valence-electron chi connectivity index (χ1n) is 11.2. The molecule has 2 heterocycles. The third kappa shape index (κ3) is 4.95. The number of aryl methyl sites for hydroxylation is 1. The van der Waals surface area contributed by atoms with Crippen molar-refractivity contribution in [1.29, 1.82) is 0 Å². The number of hydrogen-bond acceptors (Lipinski definition) is 4. The largest absolute Gasteiger partial charge is 0.375 e. The van der Waals surface area contributed by atoms with E-state index >= 15 is 0 Å². The molecule has 0 saturated carbocycles. The van der Waals surface area contributed by atoms with Gasteiger partial charge in [-0.05, 0) is 49.6 Å². The Balaban J connectivity index is 1.41. The fourth-order valence-corrected chi connectivity index (χ4v) is 4.17. The Morgan fingerprint density at radius 3 is 2.74 bits per heavy atom. The van der Waals surface area contributed by atoms with E-state index in [0.29, 0.717) is 23.0 Å². The molecule has 1 amide bonds. The summed E-state index contributed by atoms with van der Waals surface area (Å²) in [7, 11) is 2.05. The molecule has 0 unspecified atom stereocenters. The number of amides is 1. The van der Waals surface area contributed by atoms with Crippen molar-refractivity contribution >= 4 is 22.5 Å². The molecule has 1 aliphatic rings. The van der Waals surface area contributed by atoms with Gasteiger partial charge in [0.05, 0.1) is 10.9 Å². The minimum Gasteiger partial charge on any atom is -0.375 e. The number of anilines is 1. The van der Waals surface area contributed by atoms with Gasteiger partial charge in [-0.1, -0.05) is 31.0 Å². The molecule has 6 nitrogen and oxygen atoms in total. The van der Waals surface area contributed by atoms with Gasteiger partial charge in [-0.2, -0.15) is 0 Å². The highest BCUT2D eigenvalue weighted by atomic mass is 16.1. The van der Waals surface area contributed by atoms with Crippen LogP contribution in [0.5, 0.6) is 0 Å². The van der Waals surface area contributed by atoms with Gasteiger partial charge < -0.3 is 10.2 Å². The van der Waals surface area contributed by atoms with Gasteiger partial charge in [-0.25, -0.2) is 4.98 Å². The van der Waals surface area contributed by atoms with Crippen LogP contribution in [0.4, 0.5) is 5.69 Å². The summed E-state index contributed by atoms with van der Waals surface area (Å²) in [5, 5.41) is 3.58. The fourth-order valence-electron chi connectivity index (χ4n) is 4.17. The topological polar surface area (TPSA) is 67.2 Å². The van der Waals surface area contributed by atoms with Crippen molar-refractivity contribution in [3.8, 4) is 0 Å². The Bertz CT molecular complexity index is 1110. The van der Waals surface area contributed by atoms with Gasteiger partial charge in [-0.3, -0.25) is 14.2 Å². The minimum absolute atomic E-state index is 0.0119. The van der Waals surface area contributed by atoms with E-state index in [-0.39, 0.29) is 11.5 Å². The van der Waals surface area contributed by atoms with E-state index in [1.165, 1.54) is 6.42 Å². The highest BCUT2D eigenvalue weighted by Gasteiger charge is 2.15. The lowest BCUT2D eigenvalue weighted by Crippen LogP contribution is -2.29. The highest BCUT2D eigenvalue weighted by molar-refractivity contribution is 5.97. The van der Waals surface area contributed by atoms with E-state index in [0.717, 1.165) is 56.7 Å². The maximum Gasteiger partial charge on any atom is 0.261 e. The van der Waals surface area contributed by atoms with Crippen LogP contribution in [-0.4, -0.2) is 35.6 Å². The second-order valence-electron chi connectivity index (χ2n) is 8.25. The van der Waals surface area contributed by atoms with Crippen LogP contribution in [0.3, 0.4) is 0 Å². The number of aromatic nitrogens is 2. The van der Waals surface area contributed by atoms with Crippen LogP contribution in [0, 0.1) is 0 Å². The average molecular weight is 419 g/mol. The summed E-state index contributed by atoms with van der Waals surface area (Å²) in [6.45, 7) is 2.18. The molecule has 6 heteroatoms. The molecule has 2 aromatic carbocycles. The molecular weight excluding hydrogens is 388 g/mol. The van der Waals surface area contributed by atoms with Gasteiger partial charge in [0, 0.05) is 44.4 Å². The molecule has 3 aromatic rings. The van der Waals surface area contributed by atoms with Crippen molar-refractivity contribution in [1.82, 2.24) is 14.9 Å². The average Bonchev–Trinajstić information content (AvgIpc) is 2.78. The zero-order valence-corrected chi connectivity index (χ0v) is 18.1. The van der Waals surface area contributed by atoms with Gasteiger partial charge >= 0.3 is 0 Å². The van der Waals surface area contributed by atoms with Gasteiger partial charge in [0.2, 0.25) is 0 Å². The molecule has 4 rings (SSSR count). The summed E-state index contributed by atoms with van der Waals surface area (Å²) in [5.41, 5.74) is 2.34. The molecule has 0 radical (unpaired) electrons. The Labute approximate surface area is 182 Å². The molecule has 0 saturated heterocycles. The van der Waals surface area contributed by atoms with E-state index in [9.17, 15) is 9.59 Å². The molecule has 1 aromatic heterocycles. The standard InChI is InChI=1S/C25H30N4O2/c1-28(20-10-5-4-6-11-20)16-9-15-26-24(30)19-13-14-21-22(18-19)27-23-12-7-2-3-8-17-29(23)25(21)31/h4-6,10-11,13-14,18H,2-3,7-9,12,15-17H2,1H3,(H,26,30). The minimum atomic E-state index is -0.127. The number of carbonyl (C=O) groups is 1. The third-order valence-corrected chi connectivity index (χ3v) is 5.98. The predicted molar refractivity (Wildman–Crippen MR) is 125 cm³/mol. The first-order chi connectivity index (χ1) is 15.1. The van der Waals surface area contributed by atoms with Crippen molar-refractivity contribution in [2.45, 2.75) is 45.1 Å². The molecular formula is C25H30N4O2. The SMILES string of the molecule is CN(CCCNC(=O)c1ccc2c(=O)n3c(nc2c1)CCCCCC3)c1ccccc1. The van der Waals surface area contributed by atoms with Crippen LogP contribution in [0.2, 0.25) is 0 Å². The first-order valence-corrected chi connectivity index (χ1v) is 11.2. The van der Waals surface area contributed by atoms with Gasteiger partial charge in [0.15, 0.2) is 0 Å². The van der Waals surface area contributed by atoms with E-state index in [1.54, 1.807) is 18.2 Å². The Morgan fingerprint density at radius 1 is 1.10 bits per heavy atom. The van der Waals surface area contributed by atoms with E-state index in [4.69, 9.17) is 4.98 Å². The maximum atomic E-state index is 12.9. The maximum absolute atomic E-state index is 12.9. The van der Waals surface area contributed by atoms with Crippen molar-refractivity contribution in [3.05, 3.63) is 70.3 Å². The quantitative estimate of drug-likeness (QED) is 0.619. The Hall–Kier alpha value is -3.15. The van der Waals surface area contributed by atoms with Gasteiger partial charge in [-0.15, -0.1) is 0 Å². The molecule has 0 aliphatic carbocycles. The Morgan fingerprint density at radius 2 is 1.90 bits per heavy atom. The van der Waals surface area contributed by atoms with E-state index in [1.807, 2.05) is 22.8 Å². The highest BCUT2D eigenvalue weighted by Crippen LogP contribution is 2.16. The van der Waals surface area contributed by atoms with Crippen LogP contribution in [0.1, 0.15) is 48.3 Å². The van der Waals surface area contributed by atoms with Crippen LogP contribution in [0.15, 0.2) is 53.3 Å². The molecule has 31 heavy (non-hydrogen) atoms. The van der Waals surface area contributed by atoms with Gasteiger partial charge in [0.25, 0.3) is 11.5 Å². The second-order valence-corrected chi connectivity index (χ2v) is 8.25. The van der Waals surface area contributed by atoms with Crippen LogP contribution < -0.4 is 15.8 Å². The summed E-state index contributed by atoms with van der Waals surface area (Å²) in [6, 6.07) is 15.4. The summed E-state index contributed by atoms with van der Waals surface area (Å²) in [4.78, 5) is 32.5. The first kappa shape index (κ1) is 21.1. The molecule has 162 valence electrons. The normalized spacial score (nSPS) is 13.8. The monoisotopic (exact) mass is 418 g/mol. The molecule has 1 aliphatic heterocycles. The van der Waals surface area contributed by atoms with Crippen LogP contribution in [0.25, 0.3) is 10.9 Å². The summed E-state index contributed by atoms with van der Waals surface area (Å²) in [6.07, 6.45) is 6.06. The number of carbonyl (C=O) groups excluding carboxylic acids is 1. The van der Waals surface area contributed by atoms with Crippen LogP contribution in [-0.2, 0) is 13.0 Å². The van der Waals surface area contributed by atoms with E-state index < -0.39 is 0 Å². The van der Waals surface area contributed by atoms with E-state index in [2.05, 4.69) is 29.4 Å². The molecule has 0 fully saturated rings. The second kappa shape index (κ2) is 9.77. The Kier molecular flexibility index (Phi) is 6.65. The summed E-state index contributed by atoms with van der Waals surface area (Å²) >= 11 is 0. The lowest BCUT2D eigenvalue weighted by Gasteiger charge is -2.19. The summed E-state index contributed by atoms with van der Waals surface area (Å²) in [5.74, 6) is 0.719. The number of rotatable bonds is 6. The van der Waals surface area contributed by atoms with Crippen molar-refractivity contribution < 1.29 is 4.79 Å². The van der Waals surface area contributed by atoms with Crippen molar-refractivity contribution in [3.63, 3.8) is 0 Å². The zero-order chi connectivity index (χ0) is 21.6. The number of fused-ring (bicyclic) bond motifs is 2. The number of benzene rings is 2. The van der Waals surface area contributed by atoms with Crippen molar-refractivity contribution in [2.24, 2.45) is 0 Å². The molecule has 0 spiro atoms.